The number of anilines is 1. The molecule has 1 heterocycles. The van der Waals surface area contributed by atoms with E-state index in [1.54, 1.807) is 36.4 Å². The molecular weight excluding hydrogens is 496 g/mol. The Morgan fingerprint density at radius 3 is 2.21 bits per heavy atom. The zero-order chi connectivity index (χ0) is 26.7. The van der Waals surface area contributed by atoms with Crippen molar-refractivity contribution >= 4 is 38.0 Å². The van der Waals surface area contributed by atoms with E-state index >= 15 is 0 Å². The molecule has 8 heteroatoms. The van der Waals surface area contributed by atoms with Crippen molar-refractivity contribution in [2.75, 3.05) is 18.8 Å². The van der Waals surface area contributed by atoms with Crippen molar-refractivity contribution < 1.29 is 13.5 Å². The molecule has 0 aliphatic heterocycles. The number of rotatable bonds is 8. The van der Waals surface area contributed by atoms with Gasteiger partial charge in [0, 0.05) is 28.7 Å². The Morgan fingerprint density at radius 1 is 0.895 bits per heavy atom. The number of sulfonamides is 1. The van der Waals surface area contributed by atoms with Crippen LogP contribution in [0.2, 0.25) is 0 Å². The lowest BCUT2D eigenvalue weighted by atomic mass is 10.0. The van der Waals surface area contributed by atoms with E-state index in [0.717, 1.165) is 23.4 Å². The van der Waals surface area contributed by atoms with E-state index in [1.165, 1.54) is 6.07 Å². The quantitative estimate of drug-likeness (QED) is 0.220. The molecule has 3 N–H and O–H groups in total. The maximum absolute atomic E-state index is 13.2. The topological polar surface area (TPSA) is 97.8 Å². The van der Waals surface area contributed by atoms with Gasteiger partial charge >= 0.3 is 0 Å². The Labute approximate surface area is 222 Å². The molecule has 1 aromatic heterocycles. The predicted molar refractivity (Wildman–Crippen MR) is 153 cm³/mol. The van der Waals surface area contributed by atoms with Crippen LogP contribution in [0.5, 0.6) is 5.88 Å². The molecule has 4 aromatic carbocycles. The summed E-state index contributed by atoms with van der Waals surface area (Å²) >= 11 is 0. The first-order valence-corrected chi connectivity index (χ1v) is 13.6. The third kappa shape index (κ3) is 5.46. The van der Waals surface area contributed by atoms with E-state index < -0.39 is 10.0 Å². The minimum absolute atomic E-state index is 0.0783. The number of hydrogen-bond donors (Lipinski definition) is 3. The number of aliphatic imine (C=N–C) groups is 1. The van der Waals surface area contributed by atoms with Gasteiger partial charge in [-0.3, -0.25) is 4.72 Å². The second-order valence-electron chi connectivity index (χ2n) is 9.26. The van der Waals surface area contributed by atoms with Crippen LogP contribution in [0.4, 0.5) is 11.4 Å². The molecule has 0 bridgehead atoms. The first kappa shape index (κ1) is 25.3. The molecule has 192 valence electrons. The average Bonchev–Trinajstić information content (AvgIpc) is 3.23. The minimum Gasteiger partial charge on any atom is -0.494 e. The molecule has 7 nitrogen and oxygen atoms in total. The monoisotopic (exact) mass is 524 g/mol. The maximum atomic E-state index is 13.2. The van der Waals surface area contributed by atoms with Crippen LogP contribution in [-0.4, -0.2) is 43.2 Å². The third-order valence-electron chi connectivity index (χ3n) is 6.05. The summed E-state index contributed by atoms with van der Waals surface area (Å²) in [5.41, 5.74) is 4.69. The summed E-state index contributed by atoms with van der Waals surface area (Å²) in [5, 5.41) is 11.6. The number of aromatic amines is 1. The zero-order valence-electron chi connectivity index (χ0n) is 21.1. The van der Waals surface area contributed by atoms with Crippen LogP contribution in [0.1, 0.15) is 16.7 Å². The molecule has 0 aliphatic carbocycles. The first-order chi connectivity index (χ1) is 18.3. The Balaban J connectivity index is 1.63. The molecule has 0 fully saturated rings. The molecule has 0 saturated carbocycles. The van der Waals surface area contributed by atoms with Crippen molar-refractivity contribution in [1.29, 1.82) is 0 Å². The van der Waals surface area contributed by atoms with E-state index in [9.17, 15) is 13.5 Å². The fourth-order valence-electron chi connectivity index (χ4n) is 4.31. The summed E-state index contributed by atoms with van der Waals surface area (Å²) in [4.78, 5) is 10.1. The highest BCUT2D eigenvalue weighted by Gasteiger charge is 2.22. The number of hydrogen-bond acceptors (Lipinski definition) is 5. The van der Waals surface area contributed by atoms with Crippen molar-refractivity contribution in [3.8, 4) is 5.88 Å². The SMILES string of the molecule is CN(C)Cc1ccc(N=C(c2ccccc2)c2c(O)[nH]c3ccc(S(=O)(=O)Nc4ccccc4)cc23)cc1. The highest BCUT2D eigenvalue weighted by Crippen LogP contribution is 2.33. The van der Waals surface area contributed by atoms with Crippen LogP contribution in [0.25, 0.3) is 10.9 Å². The van der Waals surface area contributed by atoms with Crippen LogP contribution >= 0.6 is 0 Å². The van der Waals surface area contributed by atoms with Crippen LogP contribution in [0, 0.1) is 0 Å². The summed E-state index contributed by atoms with van der Waals surface area (Å²) in [6.45, 7) is 0.813. The number of nitrogens with one attached hydrogen (secondary N) is 2. The standard InChI is InChI=1S/C30H28N4O3S/c1-34(2)20-21-13-15-23(16-14-21)31-29(22-9-5-3-6-10-22)28-26-19-25(17-18-27(26)32-30(28)35)38(36,37)33-24-11-7-4-8-12-24/h3-19,32-33,35H,20H2,1-2H3. The van der Waals surface area contributed by atoms with Crippen molar-refractivity contribution in [3.63, 3.8) is 0 Å². The van der Waals surface area contributed by atoms with Gasteiger partial charge in [0.1, 0.15) is 0 Å². The Morgan fingerprint density at radius 2 is 1.55 bits per heavy atom. The molecule has 0 radical (unpaired) electrons. The number of aromatic nitrogens is 1. The van der Waals surface area contributed by atoms with Gasteiger partial charge in [0.05, 0.1) is 21.9 Å². The highest BCUT2D eigenvalue weighted by atomic mass is 32.2. The van der Waals surface area contributed by atoms with E-state index in [4.69, 9.17) is 4.99 Å². The molecule has 38 heavy (non-hydrogen) atoms. The summed E-state index contributed by atoms with van der Waals surface area (Å²) in [7, 11) is 0.168. The Bertz CT molecular complexity index is 1690. The number of fused-ring (bicyclic) bond motifs is 1. The number of aromatic hydroxyl groups is 1. The smallest absolute Gasteiger partial charge is 0.261 e. The number of benzene rings is 4. The fourth-order valence-corrected chi connectivity index (χ4v) is 5.40. The summed E-state index contributed by atoms with van der Waals surface area (Å²) in [6.07, 6.45) is 0. The molecule has 0 aliphatic rings. The lowest BCUT2D eigenvalue weighted by molar-refractivity contribution is 0.402. The zero-order valence-corrected chi connectivity index (χ0v) is 21.9. The van der Waals surface area contributed by atoms with Gasteiger partial charge in [-0.05, 0) is 62.1 Å². The molecule has 0 amide bonds. The van der Waals surface area contributed by atoms with E-state index in [2.05, 4.69) is 14.6 Å². The second-order valence-corrected chi connectivity index (χ2v) is 10.9. The number of para-hydroxylation sites is 1. The number of H-pyrrole nitrogens is 1. The largest absolute Gasteiger partial charge is 0.494 e. The van der Waals surface area contributed by atoms with Gasteiger partial charge < -0.3 is 15.0 Å². The first-order valence-electron chi connectivity index (χ1n) is 12.1. The predicted octanol–water partition coefficient (Wildman–Crippen LogP) is 5.91. The molecule has 0 atom stereocenters. The van der Waals surface area contributed by atoms with Gasteiger partial charge in [-0.2, -0.15) is 0 Å². The lowest BCUT2D eigenvalue weighted by Gasteiger charge is -2.11. The number of nitrogens with zero attached hydrogens (tertiary/aromatic N) is 2. The van der Waals surface area contributed by atoms with E-state index in [1.807, 2.05) is 74.8 Å². The summed E-state index contributed by atoms with van der Waals surface area (Å²) in [6, 6.07) is 30.9. The van der Waals surface area contributed by atoms with Crippen LogP contribution in [-0.2, 0) is 16.6 Å². The van der Waals surface area contributed by atoms with E-state index in [-0.39, 0.29) is 10.8 Å². The van der Waals surface area contributed by atoms with Crippen LogP contribution < -0.4 is 4.72 Å². The average molecular weight is 525 g/mol. The maximum Gasteiger partial charge on any atom is 0.261 e. The van der Waals surface area contributed by atoms with Gasteiger partial charge in [-0.1, -0.05) is 60.7 Å². The Hall–Kier alpha value is -4.40. The molecule has 5 rings (SSSR count). The van der Waals surface area contributed by atoms with Crippen molar-refractivity contribution in [2.45, 2.75) is 11.4 Å². The van der Waals surface area contributed by atoms with Gasteiger partial charge in [0.25, 0.3) is 10.0 Å². The van der Waals surface area contributed by atoms with Crippen molar-refractivity contribution in [3.05, 3.63) is 120 Å². The normalized spacial score (nSPS) is 12.2. The Kier molecular flexibility index (Phi) is 7.00. The molecule has 0 saturated heterocycles. The fraction of sp³-hybridized carbons (Fsp3) is 0.100. The molecule has 5 aromatic rings. The van der Waals surface area contributed by atoms with E-state index in [0.29, 0.717) is 27.9 Å². The summed E-state index contributed by atoms with van der Waals surface area (Å²) < 4.78 is 29.0. The highest BCUT2D eigenvalue weighted by molar-refractivity contribution is 7.92. The summed E-state index contributed by atoms with van der Waals surface area (Å²) in [5.74, 6) is -0.0857. The molecule has 0 unspecified atom stereocenters. The van der Waals surface area contributed by atoms with Gasteiger partial charge in [0.15, 0.2) is 5.88 Å². The second kappa shape index (κ2) is 10.5. The van der Waals surface area contributed by atoms with Crippen LogP contribution in [0.15, 0.2) is 113 Å². The van der Waals surface area contributed by atoms with Gasteiger partial charge in [-0.25, -0.2) is 13.4 Å². The molecule has 0 spiro atoms. The van der Waals surface area contributed by atoms with Crippen molar-refractivity contribution in [1.82, 2.24) is 9.88 Å². The van der Waals surface area contributed by atoms with Gasteiger partial charge in [-0.15, -0.1) is 0 Å². The van der Waals surface area contributed by atoms with Crippen LogP contribution in [0.3, 0.4) is 0 Å². The van der Waals surface area contributed by atoms with Gasteiger partial charge in [0.2, 0.25) is 0 Å². The lowest BCUT2D eigenvalue weighted by Crippen LogP contribution is -2.12. The third-order valence-corrected chi connectivity index (χ3v) is 7.43. The minimum atomic E-state index is -3.87. The molecular formula is C30H28N4O3S. The van der Waals surface area contributed by atoms with Crippen molar-refractivity contribution in [2.24, 2.45) is 4.99 Å².